The minimum atomic E-state index is 0.0997. The lowest BCUT2D eigenvalue weighted by molar-refractivity contribution is 0.298. The van der Waals surface area contributed by atoms with Crippen molar-refractivity contribution in [2.75, 3.05) is 6.61 Å². The smallest absolute Gasteiger partial charge is 0.157 e. The van der Waals surface area contributed by atoms with Crippen molar-refractivity contribution in [2.24, 2.45) is 0 Å². The number of pyridine rings is 1. The number of H-pyrrole nitrogens is 1. The molecular weight excluding hydrogens is 258 g/mol. The lowest BCUT2D eigenvalue weighted by Gasteiger charge is -1.94. The molecule has 0 atom stereocenters. The van der Waals surface area contributed by atoms with E-state index in [9.17, 15) is 0 Å². The molecule has 0 spiro atoms. The maximum Gasteiger partial charge on any atom is 0.157 e. The Morgan fingerprint density at radius 1 is 1.40 bits per heavy atom. The molecule has 2 rings (SSSR count). The van der Waals surface area contributed by atoms with E-state index in [2.05, 4.69) is 30.9 Å². The Bertz CT molecular complexity index is 441. The van der Waals surface area contributed by atoms with E-state index in [4.69, 9.17) is 5.11 Å². The molecule has 4 nitrogen and oxygen atoms in total. The molecule has 0 saturated heterocycles. The maximum absolute atomic E-state index is 8.84. The van der Waals surface area contributed by atoms with E-state index in [-0.39, 0.29) is 6.61 Å². The van der Waals surface area contributed by atoms with Crippen molar-refractivity contribution in [3.63, 3.8) is 0 Å². The van der Waals surface area contributed by atoms with Crippen molar-refractivity contribution < 1.29 is 5.11 Å². The Kier molecular flexibility index (Phi) is 3.13. The minimum Gasteiger partial charge on any atom is -0.396 e. The molecule has 0 unspecified atom stereocenters. The zero-order valence-corrected chi connectivity index (χ0v) is 9.53. The van der Waals surface area contributed by atoms with Crippen LogP contribution in [0.25, 0.3) is 11.5 Å². The van der Waals surface area contributed by atoms with Crippen LogP contribution in [0.3, 0.4) is 0 Å². The molecule has 2 heterocycles. The minimum absolute atomic E-state index is 0.0997. The maximum atomic E-state index is 8.84. The Labute approximate surface area is 95.5 Å². The predicted octanol–water partition coefficient (Wildman–Crippen LogP) is 1.77. The first-order valence-corrected chi connectivity index (χ1v) is 5.37. The highest BCUT2D eigenvalue weighted by Gasteiger charge is 2.09. The zero-order chi connectivity index (χ0) is 10.7. The monoisotopic (exact) mass is 267 g/mol. The molecule has 2 N–H and O–H groups in total. The molecule has 0 aliphatic heterocycles. The zero-order valence-electron chi connectivity index (χ0n) is 7.94. The number of aromatic amines is 1. The van der Waals surface area contributed by atoms with E-state index in [1.54, 1.807) is 6.20 Å². The van der Waals surface area contributed by atoms with Crippen LogP contribution in [0.15, 0.2) is 29.0 Å². The third kappa shape index (κ3) is 2.24. The molecule has 0 saturated carbocycles. The fraction of sp³-hybridized carbons (Fsp3) is 0.200. The van der Waals surface area contributed by atoms with Crippen LogP contribution in [0, 0.1) is 0 Å². The molecule has 0 amide bonds. The average molecular weight is 268 g/mol. The number of halogens is 1. The molecule has 0 aromatic carbocycles. The lowest BCUT2D eigenvalue weighted by atomic mass is 10.3. The number of hydrogen-bond acceptors (Lipinski definition) is 3. The number of aliphatic hydroxyl groups excluding tert-OH is 1. The Morgan fingerprint density at radius 2 is 2.27 bits per heavy atom. The van der Waals surface area contributed by atoms with Gasteiger partial charge in [-0.2, -0.15) is 0 Å². The van der Waals surface area contributed by atoms with Gasteiger partial charge in [0.15, 0.2) is 5.82 Å². The third-order valence-electron chi connectivity index (χ3n) is 2.00. The van der Waals surface area contributed by atoms with Gasteiger partial charge in [0.25, 0.3) is 0 Å². The van der Waals surface area contributed by atoms with Crippen LogP contribution < -0.4 is 0 Å². The number of rotatable bonds is 3. The van der Waals surface area contributed by atoms with Gasteiger partial charge in [-0.15, -0.1) is 0 Å². The summed E-state index contributed by atoms with van der Waals surface area (Å²) in [5.74, 6) is 0.714. The largest absolute Gasteiger partial charge is 0.396 e. The summed E-state index contributed by atoms with van der Waals surface area (Å²) >= 11 is 3.33. The summed E-state index contributed by atoms with van der Waals surface area (Å²) in [5.41, 5.74) is 1.68. The number of imidazole rings is 1. The summed E-state index contributed by atoms with van der Waals surface area (Å²) in [5, 5.41) is 8.84. The van der Waals surface area contributed by atoms with Gasteiger partial charge >= 0.3 is 0 Å². The molecular formula is C10H10BrN3O. The van der Waals surface area contributed by atoms with E-state index >= 15 is 0 Å². The van der Waals surface area contributed by atoms with Crippen molar-refractivity contribution in [2.45, 2.75) is 6.42 Å². The number of aliphatic hydroxyl groups is 1. The van der Waals surface area contributed by atoms with Crippen LogP contribution in [-0.2, 0) is 6.42 Å². The van der Waals surface area contributed by atoms with Crippen LogP contribution in [0.4, 0.5) is 0 Å². The van der Waals surface area contributed by atoms with Gasteiger partial charge in [0.2, 0.25) is 0 Å². The highest BCUT2D eigenvalue weighted by Crippen LogP contribution is 2.20. The summed E-state index contributed by atoms with van der Waals surface area (Å²) in [7, 11) is 0. The summed E-state index contributed by atoms with van der Waals surface area (Å²) in [6.07, 6.45) is 2.28. The fourth-order valence-corrected chi connectivity index (χ4v) is 1.76. The van der Waals surface area contributed by atoms with Gasteiger partial charge in [0.1, 0.15) is 10.3 Å². The van der Waals surface area contributed by atoms with Gasteiger partial charge in [-0.1, -0.05) is 6.07 Å². The highest BCUT2D eigenvalue weighted by atomic mass is 79.9. The van der Waals surface area contributed by atoms with Crippen molar-refractivity contribution in [3.05, 3.63) is 34.7 Å². The van der Waals surface area contributed by atoms with Gasteiger partial charge in [0.05, 0.1) is 5.69 Å². The molecule has 15 heavy (non-hydrogen) atoms. The normalized spacial score (nSPS) is 10.5. The second-order valence-electron chi connectivity index (χ2n) is 3.04. The van der Waals surface area contributed by atoms with Crippen LogP contribution in [-0.4, -0.2) is 26.7 Å². The molecule has 0 radical (unpaired) electrons. The van der Waals surface area contributed by atoms with Crippen LogP contribution in [0.1, 0.15) is 5.69 Å². The fourth-order valence-electron chi connectivity index (χ4n) is 1.29. The van der Waals surface area contributed by atoms with E-state index in [1.807, 2.05) is 18.2 Å². The SMILES string of the molecule is OCCc1[nH]c(-c2ccccn2)nc1Br. The third-order valence-corrected chi connectivity index (χ3v) is 2.65. The van der Waals surface area contributed by atoms with Gasteiger partial charge in [-0.05, 0) is 28.1 Å². The summed E-state index contributed by atoms with van der Waals surface area (Å²) in [6.45, 7) is 0.0997. The summed E-state index contributed by atoms with van der Waals surface area (Å²) < 4.78 is 0.734. The molecule has 5 heteroatoms. The average Bonchev–Trinajstić information content (AvgIpc) is 2.63. The number of aromatic nitrogens is 3. The lowest BCUT2D eigenvalue weighted by Crippen LogP contribution is -1.91. The Morgan fingerprint density at radius 3 is 2.93 bits per heavy atom. The first-order chi connectivity index (χ1) is 7.31. The summed E-state index contributed by atoms with van der Waals surface area (Å²) in [6, 6.07) is 5.65. The van der Waals surface area contributed by atoms with Gasteiger partial charge in [-0.25, -0.2) is 4.98 Å². The van der Waals surface area contributed by atoms with Gasteiger partial charge in [0, 0.05) is 19.2 Å². The quantitative estimate of drug-likeness (QED) is 0.891. The molecule has 78 valence electrons. The first-order valence-electron chi connectivity index (χ1n) is 4.58. The van der Waals surface area contributed by atoms with E-state index in [0.717, 1.165) is 16.0 Å². The number of nitrogens with zero attached hydrogens (tertiary/aromatic N) is 2. The van der Waals surface area contributed by atoms with Gasteiger partial charge in [-0.3, -0.25) is 4.98 Å². The van der Waals surface area contributed by atoms with E-state index in [0.29, 0.717) is 12.2 Å². The number of nitrogens with one attached hydrogen (secondary N) is 1. The van der Waals surface area contributed by atoms with Crippen molar-refractivity contribution in [1.29, 1.82) is 0 Å². The Hall–Kier alpha value is -1.20. The second kappa shape index (κ2) is 4.55. The predicted molar refractivity (Wildman–Crippen MR) is 60.3 cm³/mol. The molecule has 2 aromatic rings. The topological polar surface area (TPSA) is 61.8 Å². The molecule has 0 fully saturated rings. The van der Waals surface area contributed by atoms with Crippen molar-refractivity contribution in [1.82, 2.24) is 15.0 Å². The van der Waals surface area contributed by atoms with E-state index in [1.165, 1.54) is 0 Å². The number of hydrogen-bond donors (Lipinski definition) is 2. The van der Waals surface area contributed by atoms with Crippen LogP contribution in [0.2, 0.25) is 0 Å². The van der Waals surface area contributed by atoms with Crippen molar-refractivity contribution in [3.8, 4) is 11.5 Å². The second-order valence-corrected chi connectivity index (χ2v) is 3.79. The molecule has 2 aromatic heterocycles. The van der Waals surface area contributed by atoms with E-state index < -0.39 is 0 Å². The summed E-state index contributed by atoms with van der Waals surface area (Å²) in [4.78, 5) is 11.6. The van der Waals surface area contributed by atoms with Crippen molar-refractivity contribution >= 4 is 15.9 Å². The molecule has 0 aliphatic rings. The first kappa shape index (κ1) is 10.3. The molecule has 0 bridgehead atoms. The van der Waals surface area contributed by atoms with Gasteiger partial charge < -0.3 is 10.1 Å². The highest BCUT2D eigenvalue weighted by molar-refractivity contribution is 9.10. The Balaban J connectivity index is 2.34. The molecule has 0 aliphatic carbocycles. The van der Waals surface area contributed by atoms with Crippen LogP contribution >= 0.6 is 15.9 Å². The van der Waals surface area contributed by atoms with Crippen LogP contribution in [0.5, 0.6) is 0 Å². The standard InChI is InChI=1S/C10H10BrN3O/c11-9-7(4-6-15)13-10(14-9)8-3-1-2-5-12-8/h1-3,5,15H,4,6H2,(H,13,14).